The van der Waals surface area contributed by atoms with Gasteiger partial charge in [-0.3, -0.25) is 9.59 Å². The van der Waals surface area contributed by atoms with Crippen molar-refractivity contribution in [3.05, 3.63) is 35.4 Å². The van der Waals surface area contributed by atoms with Crippen LogP contribution in [-0.4, -0.2) is 49.0 Å². The van der Waals surface area contributed by atoms with Crippen molar-refractivity contribution in [2.45, 2.75) is 76.6 Å². The normalized spacial score (nSPS) is 22.2. The van der Waals surface area contributed by atoms with Crippen LogP contribution in [0.25, 0.3) is 0 Å². The summed E-state index contributed by atoms with van der Waals surface area (Å²) in [6.07, 6.45) is 6.77. The van der Waals surface area contributed by atoms with Crippen molar-refractivity contribution in [3.8, 4) is 0 Å². The number of carbonyl (C=O) groups excluding carboxylic acids is 2. The van der Waals surface area contributed by atoms with Gasteiger partial charge in [-0.2, -0.15) is 4.31 Å². The number of ether oxygens (including phenoxy) is 1. The molecule has 2 atom stereocenters. The molecule has 1 saturated carbocycles. The molecule has 1 aromatic rings. The van der Waals surface area contributed by atoms with Crippen LogP contribution in [0.4, 0.5) is 0 Å². The molecule has 0 aromatic heterocycles. The van der Waals surface area contributed by atoms with Gasteiger partial charge in [-0.25, -0.2) is 8.42 Å². The summed E-state index contributed by atoms with van der Waals surface area (Å²) < 4.78 is 31.1. The Balaban J connectivity index is 1.66. The van der Waals surface area contributed by atoms with Crippen LogP contribution in [0.3, 0.4) is 0 Å². The first-order chi connectivity index (χ1) is 13.8. The van der Waals surface area contributed by atoms with Crippen LogP contribution in [-0.2, 0) is 37.3 Å². The van der Waals surface area contributed by atoms with Gasteiger partial charge in [0.25, 0.3) is 5.91 Å². The molecule has 0 unspecified atom stereocenters. The van der Waals surface area contributed by atoms with E-state index in [2.05, 4.69) is 5.32 Å². The van der Waals surface area contributed by atoms with E-state index in [1.54, 1.807) is 0 Å². The molecule has 0 bridgehead atoms. The van der Waals surface area contributed by atoms with E-state index in [0.29, 0.717) is 0 Å². The summed E-state index contributed by atoms with van der Waals surface area (Å²) in [5.74, 6) is -1.01. The molecule has 1 aromatic carbocycles. The highest BCUT2D eigenvalue weighted by Gasteiger charge is 2.39. The molecule has 2 aliphatic rings. The van der Waals surface area contributed by atoms with E-state index >= 15 is 0 Å². The van der Waals surface area contributed by atoms with Crippen LogP contribution in [0.5, 0.6) is 0 Å². The maximum absolute atomic E-state index is 12.8. The van der Waals surface area contributed by atoms with E-state index in [-0.39, 0.29) is 24.9 Å². The SMILES string of the molecule is C[C@H](OC(=O)[C@@H]1Cc2ccccc2CN1S(C)(=O)=O)C(=O)NC1CCCCCC1. The van der Waals surface area contributed by atoms with E-state index in [9.17, 15) is 18.0 Å². The summed E-state index contributed by atoms with van der Waals surface area (Å²) in [4.78, 5) is 25.3. The fourth-order valence-corrected chi connectivity index (χ4v) is 5.09. The van der Waals surface area contributed by atoms with E-state index in [4.69, 9.17) is 4.74 Å². The maximum atomic E-state index is 12.8. The minimum atomic E-state index is -3.61. The van der Waals surface area contributed by atoms with Crippen LogP contribution in [0.15, 0.2) is 24.3 Å². The van der Waals surface area contributed by atoms with Crippen LogP contribution < -0.4 is 5.32 Å². The number of hydrogen-bond donors (Lipinski definition) is 1. The second-order valence-corrected chi connectivity index (χ2v) is 10.0. The summed E-state index contributed by atoms with van der Waals surface area (Å²) in [6, 6.07) is 6.60. The Hall–Kier alpha value is -1.93. The quantitative estimate of drug-likeness (QED) is 0.580. The smallest absolute Gasteiger partial charge is 0.325 e. The number of hydrogen-bond acceptors (Lipinski definition) is 5. The van der Waals surface area contributed by atoms with Crippen molar-refractivity contribution in [2.75, 3.05) is 6.26 Å². The zero-order valence-electron chi connectivity index (χ0n) is 17.1. The van der Waals surface area contributed by atoms with Crippen LogP contribution >= 0.6 is 0 Å². The summed E-state index contributed by atoms with van der Waals surface area (Å²) in [7, 11) is -3.61. The first kappa shape index (κ1) is 21.8. The fourth-order valence-electron chi connectivity index (χ4n) is 4.10. The zero-order chi connectivity index (χ0) is 21.0. The molecule has 0 radical (unpaired) electrons. The summed E-state index contributed by atoms with van der Waals surface area (Å²) >= 11 is 0. The Labute approximate surface area is 172 Å². The van der Waals surface area contributed by atoms with Crippen LogP contribution in [0.1, 0.15) is 56.6 Å². The van der Waals surface area contributed by atoms with Gasteiger partial charge in [-0.05, 0) is 30.9 Å². The molecular formula is C21H30N2O5S. The lowest BCUT2D eigenvalue weighted by Crippen LogP contribution is -2.50. The fraction of sp³-hybridized carbons (Fsp3) is 0.619. The van der Waals surface area contributed by atoms with Gasteiger partial charge in [-0.15, -0.1) is 0 Å². The van der Waals surface area contributed by atoms with Crippen LogP contribution in [0, 0.1) is 0 Å². The molecule has 29 heavy (non-hydrogen) atoms. The van der Waals surface area contributed by atoms with E-state index in [1.807, 2.05) is 24.3 Å². The lowest BCUT2D eigenvalue weighted by atomic mass is 9.96. The Kier molecular flexibility index (Phi) is 6.95. The molecule has 7 nitrogen and oxygen atoms in total. The topological polar surface area (TPSA) is 92.8 Å². The third kappa shape index (κ3) is 5.57. The molecule has 1 amide bonds. The summed E-state index contributed by atoms with van der Waals surface area (Å²) in [5.41, 5.74) is 1.80. The number of carbonyl (C=O) groups is 2. The van der Waals surface area contributed by atoms with E-state index in [0.717, 1.165) is 47.4 Å². The number of fused-ring (bicyclic) bond motifs is 1. The number of rotatable bonds is 5. The van der Waals surface area contributed by atoms with Gasteiger partial charge in [0.15, 0.2) is 6.10 Å². The van der Waals surface area contributed by atoms with Gasteiger partial charge in [0.1, 0.15) is 6.04 Å². The van der Waals surface area contributed by atoms with Crippen molar-refractivity contribution >= 4 is 21.9 Å². The number of nitrogens with zero attached hydrogens (tertiary/aromatic N) is 1. The Morgan fingerprint density at radius 1 is 1.10 bits per heavy atom. The minimum Gasteiger partial charge on any atom is -0.451 e. The van der Waals surface area contributed by atoms with Crippen molar-refractivity contribution in [2.24, 2.45) is 0 Å². The number of benzene rings is 1. The third-order valence-electron chi connectivity index (χ3n) is 5.77. The molecule has 1 aliphatic heterocycles. The van der Waals surface area contributed by atoms with Gasteiger partial charge < -0.3 is 10.1 Å². The molecule has 1 N–H and O–H groups in total. The number of esters is 1. The number of sulfonamides is 1. The monoisotopic (exact) mass is 422 g/mol. The third-order valence-corrected chi connectivity index (χ3v) is 7.00. The lowest BCUT2D eigenvalue weighted by Gasteiger charge is -2.34. The standard InChI is InChI=1S/C21H30N2O5S/c1-15(20(24)22-18-11-5-3-4-6-12-18)28-21(25)19-13-16-9-7-8-10-17(16)14-23(19)29(2,26)27/h7-10,15,18-19H,3-6,11-14H2,1-2H3,(H,22,24)/t15-,19-/m0/s1. The van der Waals surface area contributed by atoms with Crippen molar-refractivity contribution < 1.29 is 22.7 Å². The first-order valence-electron chi connectivity index (χ1n) is 10.3. The second-order valence-electron chi connectivity index (χ2n) is 8.07. The highest BCUT2D eigenvalue weighted by molar-refractivity contribution is 7.88. The second kappa shape index (κ2) is 9.26. The average molecular weight is 423 g/mol. The van der Waals surface area contributed by atoms with Gasteiger partial charge in [0, 0.05) is 19.0 Å². The molecular weight excluding hydrogens is 392 g/mol. The van der Waals surface area contributed by atoms with Crippen molar-refractivity contribution in [1.82, 2.24) is 9.62 Å². The Bertz CT molecular complexity index is 846. The molecule has 0 saturated heterocycles. The van der Waals surface area contributed by atoms with Crippen molar-refractivity contribution in [3.63, 3.8) is 0 Å². The predicted molar refractivity (Wildman–Crippen MR) is 110 cm³/mol. The first-order valence-corrected chi connectivity index (χ1v) is 12.1. The van der Waals surface area contributed by atoms with E-state index in [1.165, 1.54) is 19.8 Å². The minimum absolute atomic E-state index is 0.111. The van der Waals surface area contributed by atoms with E-state index < -0.39 is 28.1 Å². The molecule has 8 heteroatoms. The molecule has 1 aliphatic carbocycles. The highest BCUT2D eigenvalue weighted by Crippen LogP contribution is 2.26. The zero-order valence-corrected chi connectivity index (χ0v) is 17.9. The molecule has 0 spiro atoms. The maximum Gasteiger partial charge on any atom is 0.325 e. The molecule has 160 valence electrons. The Morgan fingerprint density at radius 3 is 2.34 bits per heavy atom. The summed E-state index contributed by atoms with van der Waals surface area (Å²) in [6.45, 7) is 1.66. The van der Waals surface area contributed by atoms with Crippen molar-refractivity contribution in [1.29, 1.82) is 0 Å². The van der Waals surface area contributed by atoms with Gasteiger partial charge in [-0.1, -0.05) is 49.9 Å². The molecule has 1 heterocycles. The summed E-state index contributed by atoms with van der Waals surface area (Å²) in [5, 5.41) is 2.98. The molecule has 3 rings (SSSR count). The van der Waals surface area contributed by atoms with Gasteiger partial charge in [0.2, 0.25) is 10.0 Å². The number of nitrogens with one attached hydrogen (secondary N) is 1. The van der Waals surface area contributed by atoms with Gasteiger partial charge in [0.05, 0.1) is 6.26 Å². The Morgan fingerprint density at radius 2 is 1.72 bits per heavy atom. The van der Waals surface area contributed by atoms with Gasteiger partial charge >= 0.3 is 5.97 Å². The molecule has 1 fully saturated rings. The average Bonchev–Trinajstić information content (AvgIpc) is 2.94. The highest BCUT2D eigenvalue weighted by atomic mass is 32.2. The van der Waals surface area contributed by atoms with Crippen LogP contribution in [0.2, 0.25) is 0 Å². The largest absolute Gasteiger partial charge is 0.451 e. The predicted octanol–water partition coefficient (Wildman–Crippen LogP) is 2.14. The lowest BCUT2D eigenvalue weighted by molar-refractivity contribution is -0.159. The number of amides is 1.